The lowest BCUT2D eigenvalue weighted by atomic mass is 10.1. The predicted octanol–water partition coefficient (Wildman–Crippen LogP) is 2.39. The summed E-state index contributed by atoms with van der Waals surface area (Å²) in [5, 5.41) is 3.22. The summed E-state index contributed by atoms with van der Waals surface area (Å²) in [4.78, 5) is 5.45. The van der Waals surface area contributed by atoms with Gasteiger partial charge in [-0.2, -0.15) is 13.2 Å². The van der Waals surface area contributed by atoms with Crippen LogP contribution in [0.25, 0.3) is 0 Å². The number of nitrogens with zero attached hydrogens (tertiary/aromatic N) is 2. The Balaban J connectivity index is 1.78. The molecule has 112 valence electrons. The fourth-order valence-electron chi connectivity index (χ4n) is 2.37. The van der Waals surface area contributed by atoms with Crippen molar-refractivity contribution in [3.8, 4) is 5.88 Å². The minimum absolute atomic E-state index is 0.233. The maximum Gasteiger partial charge on any atom is 0.401 e. The molecular formula is C13H18F3N3O. The summed E-state index contributed by atoms with van der Waals surface area (Å²) in [7, 11) is 1.54. The Morgan fingerprint density at radius 2 is 2.30 bits per heavy atom. The van der Waals surface area contributed by atoms with Crippen LogP contribution in [-0.4, -0.2) is 49.3 Å². The highest BCUT2D eigenvalue weighted by molar-refractivity contribution is 5.44. The minimum atomic E-state index is -4.11. The monoisotopic (exact) mass is 289 g/mol. The number of nitrogens with one attached hydrogen (secondary N) is 1. The lowest BCUT2D eigenvalue weighted by molar-refractivity contribution is -0.143. The number of aromatic nitrogens is 1. The summed E-state index contributed by atoms with van der Waals surface area (Å²) in [5.41, 5.74) is 0.867. The second-order valence-corrected chi connectivity index (χ2v) is 4.97. The fraction of sp³-hybridized carbons (Fsp3) is 0.615. The van der Waals surface area contributed by atoms with Gasteiger partial charge in [-0.25, -0.2) is 4.98 Å². The molecule has 0 bridgehead atoms. The molecule has 0 radical (unpaired) electrons. The number of rotatable bonds is 5. The number of methoxy groups -OCH3 is 1. The van der Waals surface area contributed by atoms with E-state index in [9.17, 15) is 13.2 Å². The number of alkyl halides is 3. The SMILES string of the molecule is COc1cc(NCC2CCN(CC(F)(F)F)C2)ccn1. The topological polar surface area (TPSA) is 37.4 Å². The molecule has 1 fully saturated rings. The van der Waals surface area contributed by atoms with Crippen LogP contribution in [0.2, 0.25) is 0 Å². The summed E-state index contributed by atoms with van der Waals surface area (Å²) >= 11 is 0. The zero-order valence-corrected chi connectivity index (χ0v) is 11.3. The van der Waals surface area contributed by atoms with Crippen molar-refractivity contribution in [3.63, 3.8) is 0 Å². The summed E-state index contributed by atoms with van der Waals surface area (Å²) in [6.45, 7) is 0.828. The molecule has 1 aromatic heterocycles. The zero-order chi connectivity index (χ0) is 14.6. The molecule has 1 aliphatic heterocycles. The van der Waals surface area contributed by atoms with Gasteiger partial charge in [0.2, 0.25) is 5.88 Å². The van der Waals surface area contributed by atoms with E-state index in [1.807, 2.05) is 6.07 Å². The average molecular weight is 289 g/mol. The highest BCUT2D eigenvalue weighted by Crippen LogP contribution is 2.23. The molecule has 0 aromatic carbocycles. The molecule has 1 saturated heterocycles. The van der Waals surface area contributed by atoms with Crippen molar-refractivity contribution in [3.05, 3.63) is 18.3 Å². The van der Waals surface area contributed by atoms with Gasteiger partial charge in [0.05, 0.1) is 13.7 Å². The van der Waals surface area contributed by atoms with Gasteiger partial charge in [-0.05, 0) is 24.9 Å². The molecule has 1 aromatic rings. The first-order chi connectivity index (χ1) is 9.46. The van der Waals surface area contributed by atoms with Crippen LogP contribution in [-0.2, 0) is 0 Å². The summed E-state index contributed by atoms with van der Waals surface area (Å²) < 4.78 is 41.9. The van der Waals surface area contributed by atoms with Gasteiger partial charge in [0.1, 0.15) is 0 Å². The molecule has 1 aliphatic rings. The quantitative estimate of drug-likeness (QED) is 0.903. The number of likely N-dealkylation sites (tertiary alicyclic amines) is 1. The van der Waals surface area contributed by atoms with E-state index < -0.39 is 12.7 Å². The second-order valence-electron chi connectivity index (χ2n) is 4.97. The van der Waals surface area contributed by atoms with Gasteiger partial charge in [0.15, 0.2) is 0 Å². The standard InChI is InChI=1S/C13H18F3N3O/c1-20-12-6-11(2-4-17-12)18-7-10-3-5-19(8-10)9-13(14,15)16/h2,4,6,10H,3,5,7-9H2,1H3,(H,17,18). The Bertz CT molecular complexity index is 439. The summed E-state index contributed by atoms with van der Waals surface area (Å²) in [6.07, 6.45) is -1.70. The zero-order valence-electron chi connectivity index (χ0n) is 11.3. The predicted molar refractivity (Wildman–Crippen MR) is 69.9 cm³/mol. The number of pyridine rings is 1. The number of halogens is 3. The first-order valence-corrected chi connectivity index (χ1v) is 6.49. The van der Waals surface area contributed by atoms with Gasteiger partial charge in [-0.15, -0.1) is 0 Å². The van der Waals surface area contributed by atoms with Crippen LogP contribution in [0.3, 0.4) is 0 Å². The average Bonchev–Trinajstić information content (AvgIpc) is 2.82. The third-order valence-corrected chi connectivity index (χ3v) is 3.31. The van der Waals surface area contributed by atoms with Crippen molar-refractivity contribution in [2.24, 2.45) is 5.92 Å². The molecule has 7 heteroatoms. The number of anilines is 1. The number of ether oxygens (including phenoxy) is 1. The van der Waals surface area contributed by atoms with Crippen LogP contribution >= 0.6 is 0 Å². The maximum absolute atomic E-state index is 12.3. The Morgan fingerprint density at radius 1 is 1.50 bits per heavy atom. The second kappa shape index (κ2) is 6.30. The molecule has 4 nitrogen and oxygen atoms in total. The van der Waals surface area contributed by atoms with Crippen LogP contribution in [0, 0.1) is 5.92 Å². The summed E-state index contributed by atoms with van der Waals surface area (Å²) in [5.74, 6) is 0.747. The van der Waals surface area contributed by atoms with E-state index in [0.717, 1.165) is 12.1 Å². The maximum atomic E-state index is 12.3. The highest BCUT2D eigenvalue weighted by atomic mass is 19.4. The Labute approximate surface area is 115 Å². The van der Waals surface area contributed by atoms with E-state index in [1.165, 1.54) is 12.0 Å². The Hall–Kier alpha value is -1.50. The van der Waals surface area contributed by atoms with Crippen LogP contribution in [0.15, 0.2) is 18.3 Å². The minimum Gasteiger partial charge on any atom is -0.481 e. The molecule has 2 rings (SSSR count). The van der Waals surface area contributed by atoms with Gasteiger partial charge >= 0.3 is 6.18 Å². The molecule has 20 heavy (non-hydrogen) atoms. The summed E-state index contributed by atoms with van der Waals surface area (Å²) in [6, 6.07) is 3.58. The van der Waals surface area contributed by atoms with Crippen LogP contribution in [0.4, 0.5) is 18.9 Å². The highest BCUT2D eigenvalue weighted by Gasteiger charge is 2.34. The third-order valence-electron chi connectivity index (χ3n) is 3.31. The van der Waals surface area contributed by atoms with Crippen LogP contribution < -0.4 is 10.1 Å². The lowest BCUT2D eigenvalue weighted by Gasteiger charge is -2.18. The van der Waals surface area contributed by atoms with Crippen molar-refractivity contribution in [1.29, 1.82) is 0 Å². The molecule has 0 aliphatic carbocycles. The van der Waals surface area contributed by atoms with Crippen LogP contribution in [0.5, 0.6) is 5.88 Å². The molecule has 1 unspecified atom stereocenters. The van der Waals surface area contributed by atoms with E-state index in [1.54, 1.807) is 12.3 Å². The number of hydrogen-bond donors (Lipinski definition) is 1. The Morgan fingerprint density at radius 3 is 3.00 bits per heavy atom. The molecule has 0 saturated carbocycles. The van der Waals surface area contributed by atoms with Crippen molar-refractivity contribution >= 4 is 5.69 Å². The van der Waals surface area contributed by atoms with Crippen LogP contribution in [0.1, 0.15) is 6.42 Å². The molecule has 2 heterocycles. The van der Waals surface area contributed by atoms with Crippen molar-refractivity contribution in [1.82, 2.24) is 9.88 Å². The van der Waals surface area contributed by atoms with E-state index in [4.69, 9.17) is 4.74 Å². The first kappa shape index (κ1) is 14.9. The van der Waals surface area contributed by atoms with E-state index in [-0.39, 0.29) is 5.92 Å². The van der Waals surface area contributed by atoms with Crippen molar-refractivity contribution in [2.45, 2.75) is 12.6 Å². The van der Waals surface area contributed by atoms with E-state index in [2.05, 4.69) is 10.3 Å². The van der Waals surface area contributed by atoms with E-state index >= 15 is 0 Å². The third kappa shape index (κ3) is 4.56. The number of hydrogen-bond acceptors (Lipinski definition) is 4. The van der Waals surface area contributed by atoms with Gasteiger partial charge < -0.3 is 10.1 Å². The Kier molecular flexibility index (Phi) is 4.69. The molecule has 0 spiro atoms. The van der Waals surface area contributed by atoms with Crippen molar-refractivity contribution < 1.29 is 17.9 Å². The van der Waals surface area contributed by atoms with E-state index in [0.29, 0.717) is 25.5 Å². The molecule has 1 N–H and O–H groups in total. The van der Waals surface area contributed by atoms with Gasteiger partial charge in [0, 0.05) is 31.0 Å². The van der Waals surface area contributed by atoms with Gasteiger partial charge in [-0.3, -0.25) is 4.90 Å². The van der Waals surface area contributed by atoms with Gasteiger partial charge in [0.25, 0.3) is 0 Å². The molecule has 1 atom stereocenters. The first-order valence-electron chi connectivity index (χ1n) is 6.49. The smallest absolute Gasteiger partial charge is 0.401 e. The largest absolute Gasteiger partial charge is 0.481 e. The van der Waals surface area contributed by atoms with Crippen molar-refractivity contribution in [2.75, 3.05) is 38.6 Å². The molecular weight excluding hydrogens is 271 g/mol. The molecule has 0 amide bonds. The lowest BCUT2D eigenvalue weighted by Crippen LogP contribution is -2.33. The normalized spacial score (nSPS) is 20.1. The van der Waals surface area contributed by atoms with Gasteiger partial charge in [-0.1, -0.05) is 0 Å². The fourth-order valence-corrected chi connectivity index (χ4v) is 2.37.